The third-order valence-electron chi connectivity index (χ3n) is 5.70. The number of rotatable bonds is 6. The molecule has 156 valence electrons. The number of nitrogens with two attached hydrogens (primary N) is 1. The van der Waals surface area contributed by atoms with Crippen LogP contribution in [0.2, 0.25) is 0 Å². The summed E-state index contributed by atoms with van der Waals surface area (Å²) in [6.07, 6.45) is 1.86. The molecule has 2 aromatic rings. The van der Waals surface area contributed by atoms with Crippen LogP contribution in [0.25, 0.3) is 0 Å². The van der Waals surface area contributed by atoms with Crippen LogP contribution in [0.15, 0.2) is 46.9 Å². The van der Waals surface area contributed by atoms with Crippen molar-refractivity contribution in [3.63, 3.8) is 0 Å². The van der Waals surface area contributed by atoms with E-state index in [4.69, 9.17) is 5.73 Å². The molecule has 2 aliphatic rings. The van der Waals surface area contributed by atoms with Crippen LogP contribution in [-0.2, 0) is 6.54 Å². The van der Waals surface area contributed by atoms with Crippen LogP contribution in [0, 0.1) is 0 Å². The Balaban J connectivity index is 1.14. The largest absolute Gasteiger partial charge is 0.370 e. The number of nitrogens with zero attached hydrogens (tertiary/aromatic N) is 6. The molecule has 1 aromatic carbocycles. The molecule has 4 rings (SSSR count). The van der Waals surface area contributed by atoms with Crippen molar-refractivity contribution >= 4 is 22.4 Å². The van der Waals surface area contributed by atoms with Crippen LogP contribution >= 0.6 is 11.3 Å². The second-order valence-corrected chi connectivity index (χ2v) is 8.51. The number of hydrogen-bond acceptors (Lipinski definition) is 6. The van der Waals surface area contributed by atoms with Gasteiger partial charge in [-0.05, 0) is 5.56 Å². The van der Waals surface area contributed by atoms with Crippen LogP contribution < -0.4 is 10.6 Å². The molecule has 29 heavy (non-hydrogen) atoms. The molecule has 8 heteroatoms. The molecule has 0 radical (unpaired) electrons. The summed E-state index contributed by atoms with van der Waals surface area (Å²) in [7, 11) is 0. The monoisotopic (exact) mass is 413 g/mol. The maximum Gasteiger partial charge on any atom is 0.191 e. The van der Waals surface area contributed by atoms with E-state index in [2.05, 4.69) is 59.9 Å². The summed E-state index contributed by atoms with van der Waals surface area (Å²) in [5.41, 5.74) is 7.65. The average molecular weight is 414 g/mol. The molecule has 0 saturated carbocycles. The van der Waals surface area contributed by atoms with Crippen LogP contribution in [0.5, 0.6) is 0 Å². The highest BCUT2D eigenvalue weighted by Gasteiger charge is 2.20. The number of guanidine groups is 1. The van der Waals surface area contributed by atoms with Crippen molar-refractivity contribution in [2.45, 2.75) is 6.54 Å². The summed E-state index contributed by atoms with van der Waals surface area (Å²) in [5.74, 6) is 0.687. The smallest absolute Gasteiger partial charge is 0.191 e. The normalized spacial score (nSPS) is 19.7. The van der Waals surface area contributed by atoms with E-state index in [9.17, 15) is 0 Å². The van der Waals surface area contributed by atoms with Crippen molar-refractivity contribution in [1.82, 2.24) is 19.7 Å². The van der Waals surface area contributed by atoms with Crippen molar-refractivity contribution in [3.8, 4) is 0 Å². The lowest BCUT2D eigenvalue weighted by molar-refractivity contribution is 0.130. The first-order valence-corrected chi connectivity index (χ1v) is 11.3. The van der Waals surface area contributed by atoms with Gasteiger partial charge in [-0.25, -0.2) is 4.98 Å². The Morgan fingerprint density at radius 2 is 1.69 bits per heavy atom. The van der Waals surface area contributed by atoms with Gasteiger partial charge in [0.15, 0.2) is 11.1 Å². The van der Waals surface area contributed by atoms with Gasteiger partial charge in [-0.3, -0.25) is 14.8 Å². The number of aliphatic imine (C=N–C) groups is 1. The van der Waals surface area contributed by atoms with Gasteiger partial charge < -0.3 is 15.5 Å². The molecule has 0 atom stereocenters. The summed E-state index contributed by atoms with van der Waals surface area (Å²) < 4.78 is 0. The third-order valence-corrected chi connectivity index (χ3v) is 6.53. The molecule has 2 N–H and O–H groups in total. The number of aromatic nitrogens is 1. The Bertz CT molecular complexity index is 749. The highest BCUT2D eigenvalue weighted by molar-refractivity contribution is 7.13. The highest BCUT2D eigenvalue weighted by Crippen LogP contribution is 2.18. The lowest BCUT2D eigenvalue weighted by Gasteiger charge is -2.35. The Hall–Kier alpha value is -2.16. The minimum absolute atomic E-state index is 0.687. The maximum absolute atomic E-state index is 6.25. The molecule has 0 amide bonds. The SMILES string of the molecule is NC(=NCCN1CCN(Cc2ccccc2)CC1)N1CCN(c2nccs2)CC1. The van der Waals surface area contributed by atoms with E-state index in [1.54, 1.807) is 11.3 Å². The van der Waals surface area contributed by atoms with Gasteiger partial charge in [0.25, 0.3) is 0 Å². The maximum atomic E-state index is 6.25. The van der Waals surface area contributed by atoms with Gasteiger partial charge in [-0.15, -0.1) is 11.3 Å². The third kappa shape index (κ3) is 5.68. The zero-order valence-corrected chi connectivity index (χ0v) is 17.8. The Labute approximate surface area is 177 Å². The van der Waals surface area contributed by atoms with Gasteiger partial charge in [-0.1, -0.05) is 30.3 Å². The number of piperazine rings is 2. The minimum Gasteiger partial charge on any atom is -0.370 e. The number of anilines is 1. The fourth-order valence-electron chi connectivity index (χ4n) is 3.92. The molecular weight excluding hydrogens is 382 g/mol. The fraction of sp³-hybridized carbons (Fsp3) is 0.524. The second-order valence-electron chi connectivity index (χ2n) is 7.63. The number of benzene rings is 1. The van der Waals surface area contributed by atoms with Gasteiger partial charge in [0.05, 0.1) is 6.54 Å². The Kier molecular flexibility index (Phi) is 6.97. The van der Waals surface area contributed by atoms with Crippen LogP contribution in [-0.4, -0.2) is 91.1 Å². The van der Waals surface area contributed by atoms with E-state index in [1.807, 2.05) is 11.6 Å². The van der Waals surface area contributed by atoms with Crippen molar-refractivity contribution in [1.29, 1.82) is 0 Å². The molecule has 7 nitrogen and oxygen atoms in total. The first-order valence-electron chi connectivity index (χ1n) is 10.5. The van der Waals surface area contributed by atoms with Gasteiger partial charge in [0.1, 0.15) is 0 Å². The predicted octanol–water partition coefficient (Wildman–Crippen LogP) is 1.40. The van der Waals surface area contributed by atoms with E-state index in [-0.39, 0.29) is 0 Å². The fourth-order valence-corrected chi connectivity index (χ4v) is 4.61. The van der Waals surface area contributed by atoms with Crippen LogP contribution in [0.1, 0.15) is 5.56 Å². The minimum atomic E-state index is 0.687. The van der Waals surface area contributed by atoms with Gasteiger partial charge in [0.2, 0.25) is 0 Å². The van der Waals surface area contributed by atoms with Crippen LogP contribution in [0.4, 0.5) is 5.13 Å². The summed E-state index contributed by atoms with van der Waals surface area (Å²) in [6.45, 7) is 11.0. The summed E-state index contributed by atoms with van der Waals surface area (Å²) in [6, 6.07) is 10.7. The standard InChI is InChI=1S/C21H31N7S/c22-20(27-13-15-28(16-14-27)21-24-7-17-29-21)23-6-8-25-9-11-26(12-10-25)18-19-4-2-1-3-5-19/h1-5,7,17H,6,8-16,18H2,(H2,22,23). The van der Waals surface area contributed by atoms with E-state index < -0.39 is 0 Å². The summed E-state index contributed by atoms with van der Waals surface area (Å²) >= 11 is 1.69. The topological polar surface area (TPSA) is 64.2 Å². The second kappa shape index (κ2) is 10.0. The zero-order valence-electron chi connectivity index (χ0n) is 17.0. The lowest BCUT2D eigenvalue weighted by atomic mass is 10.2. The highest BCUT2D eigenvalue weighted by atomic mass is 32.1. The molecule has 2 aliphatic heterocycles. The first kappa shape index (κ1) is 20.1. The van der Waals surface area contributed by atoms with Crippen LogP contribution in [0.3, 0.4) is 0 Å². The molecule has 3 heterocycles. The average Bonchev–Trinajstić information content (AvgIpc) is 3.31. The quantitative estimate of drug-likeness (QED) is 0.571. The molecule has 1 aromatic heterocycles. The van der Waals surface area contributed by atoms with Crippen molar-refractivity contribution in [2.75, 3.05) is 70.3 Å². The molecule has 0 aliphatic carbocycles. The van der Waals surface area contributed by atoms with E-state index >= 15 is 0 Å². The summed E-state index contributed by atoms with van der Waals surface area (Å²) in [5, 5.41) is 3.13. The van der Waals surface area contributed by atoms with E-state index in [0.29, 0.717) is 5.96 Å². The molecule has 0 unspecified atom stereocenters. The summed E-state index contributed by atoms with van der Waals surface area (Å²) in [4.78, 5) is 18.6. The zero-order chi connectivity index (χ0) is 19.9. The van der Waals surface area contributed by atoms with Gasteiger partial charge in [0, 0.05) is 77.0 Å². The number of thiazole rings is 1. The van der Waals surface area contributed by atoms with Crippen molar-refractivity contribution in [2.24, 2.45) is 10.7 Å². The molecule has 2 saturated heterocycles. The Morgan fingerprint density at radius 1 is 0.966 bits per heavy atom. The first-order chi connectivity index (χ1) is 14.3. The number of hydrogen-bond donors (Lipinski definition) is 1. The van der Waals surface area contributed by atoms with Crippen molar-refractivity contribution < 1.29 is 0 Å². The lowest BCUT2D eigenvalue weighted by Crippen LogP contribution is -2.51. The van der Waals surface area contributed by atoms with Crippen molar-refractivity contribution in [3.05, 3.63) is 47.5 Å². The molecule has 0 spiro atoms. The molecule has 2 fully saturated rings. The predicted molar refractivity (Wildman–Crippen MR) is 121 cm³/mol. The van der Waals surface area contributed by atoms with E-state index in [1.165, 1.54) is 5.56 Å². The van der Waals surface area contributed by atoms with Gasteiger partial charge >= 0.3 is 0 Å². The Morgan fingerprint density at radius 3 is 2.38 bits per heavy atom. The molecule has 0 bridgehead atoms. The van der Waals surface area contributed by atoms with E-state index in [0.717, 1.165) is 77.1 Å². The molecular formula is C21H31N7S. The van der Waals surface area contributed by atoms with Gasteiger partial charge in [-0.2, -0.15) is 0 Å².